The van der Waals surface area contributed by atoms with E-state index in [2.05, 4.69) is 9.72 Å². The molecule has 1 amide bonds. The Labute approximate surface area is 68.8 Å². The van der Waals surface area contributed by atoms with Crippen molar-refractivity contribution in [3.05, 3.63) is 23.9 Å². The molecule has 12 heavy (non-hydrogen) atoms. The Morgan fingerprint density at radius 2 is 2.50 bits per heavy atom. The summed E-state index contributed by atoms with van der Waals surface area (Å²) in [6, 6.07) is 3.21. The van der Waals surface area contributed by atoms with E-state index in [-0.39, 0.29) is 12.5 Å². The van der Waals surface area contributed by atoms with Crippen molar-refractivity contribution in [2.75, 3.05) is 0 Å². The van der Waals surface area contributed by atoms with Crippen LogP contribution in [0.5, 0.6) is 5.88 Å². The van der Waals surface area contributed by atoms with Gasteiger partial charge in [-0.05, 0) is 12.1 Å². The first-order valence-corrected chi connectivity index (χ1v) is 3.26. The molecule has 0 aliphatic carbocycles. The highest BCUT2D eigenvalue weighted by Gasteiger charge is 2.05. The second-order valence-corrected chi connectivity index (χ2v) is 2.05. The van der Waals surface area contributed by atoms with Crippen molar-refractivity contribution in [1.29, 1.82) is 0 Å². The first-order valence-electron chi connectivity index (χ1n) is 3.26. The Bertz CT molecular complexity index is 288. The van der Waals surface area contributed by atoms with Crippen LogP contribution in [0.1, 0.15) is 5.56 Å². The number of hydrogen-bond acceptors (Lipinski definition) is 4. The maximum absolute atomic E-state index is 10.3. The highest BCUT2D eigenvalue weighted by atomic mass is 16.6. The predicted octanol–water partition coefficient (Wildman–Crippen LogP) is 0.0314. The number of primary amides is 1. The number of nitrogens with zero attached hydrogens (tertiary/aromatic N) is 1. The number of pyridine rings is 1. The van der Waals surface area contributed by atoms with E-state index >= 15 is 0 Å². The van der Waals surface area contributed by atoms with Crippen molar-refractivity contribution < 1.29 is 14.6 Å². The molecule has 0 radical (unpaired) electrons. The van der Waals surface area contributed by atoms with Gasteiger partial charge in [-0.3, -0.25) is 0 Å². The zero-order chi connectivity index (χ0) is 8.97. The Morgan fingerprint density at radius 3 is 3.08 bits per heavy atom. The summed E-state index contributed by atoms with van der Waals surface area (Å²) in [5, 5.41) is 8.76. The number of rotatable bonds is 2. The minimum absolute atomic E-state index is 0.0486. The van der Waals surface area contributed by atoms with Gasteiger partial charge in [0.05, 0.1) is 6.61 Å². The molecule has 3 N–H and O–H groups in total. The fourth-order valence-electron chi connectivity index (χ4n) is 0.732. The van der Waals surface area contributed by atoms with Gasteiger partial charge in [0.15, 0.2) is 0 Å². The smallest absolute Gasteiger partial charge is 0.391 e. The number of amides is 1. The third-order valence-corrected chi connectivity index (χ3v) is 1.22. The summed E-state index contributed by atoms with van der Waals surface area (Å²) >= 11 is 0. The summed E-state index contributed by atoms with van der Waals surface area (Å²) in [7, 11) is 0. The summed E-state index contributed by atoms with van der Waals surface area (Å²) in [6.07, 6.45) is 0.501. The van der Waals surface area contributed by atoms with E-state index in [0.29, 0.717) is 5.56 Å². The monoisotopic (exact) mass is 168 g/mol. The van der Waals surface area contributed by atoms with Crippen LogP contribution in [0.15, 0.2) is 18.3 Å². The van der Waals surface area contributed by atoms with Gasteiger partial charge >= 0.3 is 6.09 Å². The molecule has 1 heterocycles. The molecule has 0 aromatic carbocycles. The number of aliphatic hydroxyl groups excluding tert-OH is 1. The molecule has 0 saturated carbocycles. The molecule has 0 aliphatic rings. The number of aromatic nitrogens is 1. The Kier molecular flexibility index (Phi) is 2.60. The quantitative estimate of drug-likeness (QED) is 0.652. The molecule has 5 heteroatoms. The molecule has 0 spiro atoms. The normalized spacial score (nSPS) is 9.42. The van der Waals surface area contributed by atoms with Crippen molar-refractivity contribution in [2.24, 2.45) is 5.73 Å². The van der Waals surface area contributed by atoms with E-state index in [1.807, 2.05) is 0 Å². The summed E-state index contributed by atoms with van der Waals surface area (Å²) in [5.74, 6) is 0.0486. The lowest BCUT2D eigenvalue weighted by atomic mass is 10.3. The first kappa shape index (κ1) is 8.48. The Hall–Kier alpha value is -1.62. The van der Waals surface area contributed by atoms with Gasteiger partial charge in [0, 0.05) is 11.8 Å². The summed E-state index contributed by atoms with van der Waals surface area (Å²) in [4.78, 5) is 14.0. The predicted molar refractivity (Wildman–Crippen MR) is 40.4 cm³/mol. The largest absolute Gasteiger partial charge is 0.411 e. The lowest BCUT2D eigenvalue weighted by molar-refractivity contribution is 0.206. The fraction of sp³-hybridized carbons (Fsp3) is 0.143. The molecule has 0 bridgehead atoms. The number of hydrogen-bond donors (Lipinski definition) is 2. The molecule has 0 atom stereocenters. The van der Waals surface area contributed by atoms with Gasteiger partial charge in [-0.15, -0.1) is 0 Å². The van der Waals surface area contributed by atoms with Crippen LogP contribution in [0, 0.1) is 0 Å². The second-order valence-electron chi connectivity index (χ2n) is 2.05. The van der Waals surface area contributed by atoms with E-state index in [0.717, 1.165) is 0 Å². The van der Waals surface area contributed by atoms with Gasteiger partial charge in [-0.2, -0.15) is 0 Å². The van der Waals surface area contributed by atoms with Crippen molar-refractivity contribution in [1.82, 2.24) is 4.98 Å². The molecule has 1 aromatic rings. The van der Waals surface area contributed by atoms with Crippen LogP contribution in [0.25, 0.3) is 0 Å². The van der Waals surface area contributed by atoms with Gasteiger partial charge in [0.2, 0.25) is 5.88 Å². The zero-order valence-electron chi connectivity index (χ0n) is 6.23. The second kappa shape index (κ2) is 3.68. The van der Waals surface area contributed by atoms with E-state index < -0.39 is 6.09 Å². The fourth-order valence-corrected chi connectivity index (χ4v) is 0.732. The van der Waals surface area contributed by atoms with Crippen LogP contribution in [-0.2, 0) is 6.61 Å². The SMILES string of the molecule is NC(=O)Oc1ncccc1CO. The van der Waals surface area contributed by atoms with Gasteiger partial charge in [0.25, 0.3) is 0 Å². The summed E-state index contributed by atoms with van der Waals surface area (Å²) < 4.78 is 4.50. The summed E-state index contributed by atoms with van der Waals surface area (Å²) in [5.41, 5.74) is 5.19. The Morgan fingerprint density at radius 1 is 1.75 bits per heavy atom. The molecule has 0 saturated heterocycles. The highest BCUT2D eigenvalue weighted by Crippen LogP contribution is 2.13. The molecule has 0 fully saturated rings. The molecule has 64 valence electrons. The van der Waals surface area contributed by atoms with Crippen LogP contribution in [0.3, 0.4) is 0 Å². The molecular weight excluding hydrogens is 160 g/mol. The number of carbonyl (C=O) groups is 1. The molecular formula is C7H8N2O3. The minimum atomic E-state index is -0.941. The maximum atomic E-state index is 10.3. The van der Waals surface area contributed by atoms with Crippen molar-refractivity contribution >= 4 is 6.09 Å². The molecule has 0 unspecified atom stereocenters. The van der Waals surface area contributed by atoms with Crippen molar-refractivity contribution in [2.45, 2.75) is 6.61 Å². The third-order valence-electron chi connectivity index (χ3n) is 1.22. The van der Waals surface area contributed by atoms with Crippen LogP contribution in [0.2, 0.25) is 0 Å². The minimum Gasteiger partial charge on any atom is -0.391 e. The average molecular weight is 168 g/mol. The topological polar surface area (TPSA) is 85.4 Å². The number of carbonyl (C=O) groups excluding carboxylic acids is 1. The van der Waals surface area contributed by atoms with E-state index in [9.17, 15) is 4.79 Å². The van der Waals surface area contributed by atoms with E-state index in [1.165, 1.54) is 6.20 Å². The van der Waals surface area contributed by atoms with Crippen molar-refractivity contribution in [3.63, 3.8) is 0 Å². The average Bonchev–Trinajstić information content (AvgIpc) is 2.04. The molecule has 5 nitrogen and oxygen atoms in total. The van der Waals surface area contributed by atoms with Crippen LogP contribution in [-0.4, -0.2) is 16.2 Å². The Balaban J connectivity index is 2.89. The standard InChI is InChI=1S/C7H8N2O3/c8-7(11)12-6-5(4-10)2-1-3-9-6/h1-3,10H,4H2,(H2,8,11). The van der Waals surface area contributed by atoms with E-state index in [1.54, 1.807) is 12.1 Å². The number of aliphatic hydroxyl groups is 1. The van der Waals surface area contributed by atoms with Crippen LogP contribution < -0.4 is 10.5 Å². The number of ether oxygens (including phenoxy) is 1. The molecule has 0 aliphatic heterocycles. The maximum Gasteiger partial charge on any atom is 0.411 e. The van der Waals surface area contributed by atoms with Gasteiger partial charge in [-0.25, -0.2) is 9.78 Å². The van der Waals surface area contributed by atoms with Crippen molar-refractivity contribution in [3.8, 4) is 5.88 Å². The highest BCUT2D eigenvalue weighted by molar-refractivity contribution is 5.67. The zero-order valence-corrected chi connectivity index (χ0v) is 6.23. The molecule has 1 aromatic heterocycles. The summed E-state index contributed by atoms with van der Waals surface area (Å²) in [6.45, 7) is -0.240. The van der Waals surface area contributed by atoms with Gasteiger partial charge < -0.3 is 15.6 Å². The van der Waals surface area contributed by atoms with E-state index in [4.69, 9.17) is 10.8 Å². The van der Waals surface area contributed by atoms with Crippen LogP contribution >= 0.6 is 0 Å². The number of nitrogens with two attached hydrogens (primary N) is 1. The molecule has 1 rings (SSSR count). The van der Waals surface area contributed by atoms with Gasteiger partial charge in [-0.1, -0.05) is 0 Å². The lowest BCUT2D eigenvalue weighted by Crippen LogP contribution is -2.17. The third kappa shape index (κ3) is 1.93. The van der Waals surface area contributed by atoms with Gasteiger partial charge in [0.1, 0.15) is 0 Å². The van der Waals surface area contributed by atoms with Crippen LogP contribution in [0.4, 0.5) is 4.79 Å². The lowest BCUT2D eigenvalue weighted by Gasteiger charge is -2.02. The first-order chi connectivity index (χ1) is 5.74.